The van der Waals surface area contributed by atoms with Crippen LogP contribution in [-0.4, -0.2) is 60.6 Å². The van der Waals surface area contributed by atoms with Crippen molar-refractivity contribution in [3.8, 4) is 5.75 Å². The third-order valence-corrected chi connectivity index (χ3v) is 5.24. The molecule has 28 heavy (non-hydrogen) atoms. The first-order valence-electron chi connectivity index (χ1n) is 9.62. The minimum Gasteiger partial charge on any atom is -0.491 e. The number of carbonyl (C=O) groups is 2. The Bertz CT molecular complexity index is 862. The Morgan fingerprint density at radius 3 is 2.46 bits per heavy atom. The van der Waals surface area contributed by atoms with E-state index in [1.165, 1.54) is 0 Å². The summed E-state index contributed by atoms with van der Waals surface area (Å²) in [6.45, 7) is 5.14. The predicted molar refractivity (Wildman–Crippen MR) is 104 cm³/mol. The monoisotopic (exact) mass is 380 g/mol. The van der Waals surface area contributed by atoms with Gasteiger partial charge in [-0.25, -0.2) is 0 Å². The third kappa shape index (κ3) is 3.73. The molecule has 0 unspecified atom stereocenters. The molecule has 2 aromatic rings. The van der Waals surface area contributed by atoms with Crippen LogP contribution < -0.4 is 4.74 Å². The predicted octanol–water partition coefficient (Wildman–Crippen LogP) is 2.58. The molecule has 2 amide bonds. The lowest BCUT2D eigenvalue weighted by atomic mass is 10.1. The Kier molecular flexibility index (Phi) is 5.30. The number of benzene rings is 2. The van der Waals surface area contributed by atoms with E-state index in [2.05, 4.69) is 0 Å². The van der Waals surface area contributed by atoms with E-state index in [1.807, 2.05) is 54.3 Å². The highest BCUT2D eigenvalue weighted by atomic mass is 16.5. The van der Waals surface area contributed by atoms with E-state index in [0.717, 1.165) is 11.3 Å². The second-order valence-electron chi connectivity index (χ2n) is 7.19. The van der Waals surface area contributed by atoms with Gasteiger partial charge in [0.2, 0.25) is 0 Å². The number of hydrogen-bond donors (Lipinski definition) is 0. The van der Waals surface area contributed by atoms with Gasteiger partial charge in [0.25, 0.3) is 11.8 Å². The highest BCUT2D eigenvalue weighted by Crippen LogP contribution is 2.28. The number of ether oxygens (including phenoxy) is 2. The van der Waals surface area contributed by atoms with Crippen molar-refractivity contribution in [1.82, 2.24) is 9.80 Å². The summed E-state index contributed by atoms with van der Waals surface area (Å²) in [5.41, 5.74) is 2.12. The van der Waals surface area contributed by atoms with Crippen LogP contribution in [0.5, 0.6) is 5.75 Å². The smallest absolute Gasteiger partial charge is 0.254 e. The number of amides is 2. The molecule has 1 saturated heterocycles. The molecule has 2 aliphatic heterocycles. The molecule has 0 saturated carbocycles. The zero-order valence-corrected chi connectivity index (χ0v) is 16.0. The number of rotatable bonds is 2. The van der Waals surface area contributed by atoms with Crippen LogP contribution >= 0.6 is 0 Å². The van der Waals surface area contributed by atoms with Crippen LogP contribution in [0.15, 0.2) is 48.5 Å². The first-order valence-corrected chi connectivity index (χ1v) is 9.62. The molecular weight excluding hydrogens is 356 g/mol. The minimum absolute atomic E-state index is 0.00988. The van der Waals surface area contributed by atoms with Gasteiger partial charge >= 0.3 is 0 Å². The van der Waals surface area contributed by atoms with Crippen LogP contribution in [0, 0.1) is 0 Å². The first kappa shape index (κ1) is 18.5. The van der Waals surface area contributed by atoms with Crippen molar-refractivity contribution >= 4 is 11.8 Å². The molecule has 2 aliphatic rings. The Labute approximate surface area is 164 Å². The Morgan fingerprint density at radius 1 is 0.964 bits per heavy atom. The lowest BCUT2D eigenvalue weighted by Gasteiger charge is -2.27. The van der Waals surface area contributed by atoms with Crippen molar-refractivity contribution in [2.75, 3.05) is 32.9 Å². The van der Waals surface area contributed by atoms with Gasteiger partial charge in [0, 0.05) is 29.8 Å². The zero-order chi connectivity index (χ0) is 19.5. The Morgan fingerprint density at radius 2 is 1.71 bits per heavy atom. The fourth-order valence-corrected chi connectivity index (χ4v) is 3.58. The van der Waals surface area contributed by atoms with E-state index < -0.39 is 0 Å². The zero-order valence-electron chi connectivity index (χ0n) is 16.0. The fraction of sp³-hybridized carbons (Fsp3) is 0.364. The molecule has 0 spiro atoms. The molecule has 0 bridgehead atoms. The quantitative estimate of drug-likeness (QED) is 0.804. The van der Waals surface area contributed by atoms with E-state index in [9.17, 15) is 9.59 Å². The van der Waals surface area contributed by atoms with Crippen LogP contribution in [0.3, 0.4) is 0 Å². The Balaban J connectivity index is 1.59. The van der Waals surface area contributed by atoms with Gasteiger partial charge in [-0.1, -0.05) is 18.2 Å². The summed E-state index contributed by atoms with van der Waals surface area (Å²) < 4.78 is 11.2. The summed E-state index contributed by atoms with van der Waals surface area (Å²) in [6.07, 6.45) is 0. The topological polar surface area (TPSA) is 59.1 Å². The van der Waals surface area contributed by atoms with Crippen LogP contribution in [0.1, 0.15) is 33.2 Å². The molecule has 0 aromatic heterocycles. The summed E-state index contributed by atoms with van der Waals surface area (Å²) in [4.78, 5) is 29.5. The largest absolute Gasteiger partial charge is 0.491 e. The molecule has 6 nitrogen and oxygen atoms in total. The van der Waals surface area contributed by atoms with E-state index in [1.54, 1.807) is 11.0 Å². The summed E-state index contributed by atoms with van der Waals surface area (Å²) in [7, 11) is 0. The minimum atomic E-state index is -0.0708. The lowest BCUT2D eigenvalue weighted by Crippen LogP contribution is -2.41. The van der Waals surface area contributed by atoms with E-state index in [4.69, 9.17) is 9.47 Å². The van der Waals surface area contributed by atoms with Crippen molar-refractivity contribution in [3.05, 3.63) is 65.2 Å². The molecule has 1 fully saturated rings. The number of hydrogen-bond acceptors (Lipinski definition) is 4. The van der Waals surface area contributed by atoms with Crippen molar-refractivity contribution in [2.45, 2.75) is 19.5 Å². The maximum atomic E-state index is 13.0. The van der Waals surface area contributed by atoms with Crippen LogP contribution in [-0.2, 0) is 11.3 Å². The van der Waals surface area contributed by atoms with E-state index in [0.29, 0.717) is 50.6 Å². The van der Waals surface area contributed by atoms with Gasteiger partial charge in [-0.15, -0.1) is 0 Å². The summed E-state index contributed by atoms with van der Waals surface area (Å²) >= 11 is 0. The summed E-state index contributed by atoms with van der Waals surface area (Å²) in [5, 5.41) is 0. The number of fused-ring (bicyclic) bond motifs is 1. The second kappa shape index (κ2) is 8.02. The molecular formula is C22H24N2O4. The van der Waals surface area contributed by atoms with Gasteiger partial charge < -0.3 is 19.3 Å². The van der Waals surface area contributed by atoms with Crippen molar-refractivity contribution in [2.24, 2.45) is 0 Å². The van der Waals surface area contributed by atoms with Gasteiger partial charge in [0.15, 0.2) is 0 Å². The maximum absolute atomic E-state index is 13.0. The Hall–Kier alpha value is -2.86. The summed E-state index contributed by atoms with van der Waals surface area (Å²) in [5.74, 6) is 0.688. The van der Waals surface area contributed by atoms with Crippen molar-refractivity contribution < 1.29 is 19.1 Å². The van der Waals surface area contributed by atoms with Gasteiger partial charge in [0.1, 0.15) is 12.4 Å². The van der Waals surface area contributed by atoms with Crippen molar-refractivity contribution in [3.63, 3.8) is 0 Å². The van der Waals surface area contributed by atoms with Crippen LogP contribution in [0.25, 0.3) is 0 Å². The molecule has 0 radical (unpaired) electrons. The second-order valence-corrected chi connectivity index (χ2v) is 7.19. The molecule has 0 aliphatic carbocycles. The molecule has 0 N–H and O–H groups in total. The van der Waals surface area contributed by atoms with Gasteiger partial charge in [-0.05, 0) is 37.3 Å². The highest BCUT2D eigenvalue weighted by Gasteiger charge is 2.28. The van der Waals surface area contributed by atoms with Gasteiger partial charge in [-0.2, -0.15) is 0 Å². The average molecular weight is 380 g/mol. The third-order valence-electron chi connectivity index (χ3n) is 5.24. The highest BCUT2D eigenvalue weighted by molar-refractivity contribution is 5.95. The average Bonchev–Trinajstić information content (AvgIpc) is 2.92. The molecule has 1 atom stereocenters. The first-order chi connectivity index (χ1) is 13.6. The molecule has 6 heteroatoms. The number of nitrogens with zero attached hydrogens (tertiary/aromatic N) is 2. The van der Waals surface area contributed by atoms with E-state index in [-0.39, 0.29) is 17.9 Å². The molecule has 4 rings (SSSR count). The fourth-order valence-electron chi connectivity index (χ4n) is 3.58. The maximum Gasteiger partial charge on any atom is 0.254 e. The van der Waals surface area contributed by atoms with Crippen LogP contribution in [0.2, 0.25) is 0 Å². The van der Waals surface area contributed by atoms with Gasteiger partial charge in [-0.3, -0.25) is 9.59 Å². The molecule has 146 valence electrons. The number of carbonyl (C=O) groups excluding carboxylic acids is 2. The lowest BCUT2D eigenvalue weighted by molar-refractivity contribution is 0.0303. The normalized spacial score (nSPS) is 19.4. The number of morpholine rings is 1. The van der Waals surface area contributed by atoms with Crippen LogP contribution in [0.4, 0.5) is 0 Å². The summed E-state index contributed by atoms with van der Waals surface area (Å²) in [6, 6.07) is 14.7. The standard InChI is InChI=1S/C22H24N2O4/c1-16-15-28-20-8-7-18(21(25)23-9-11-27-12-10-23)13-19(20)14-24(16)22(26)17-5-3-2-4-6-17/h2-8,13,16H,9-12,14-15H2,1H3/t16-/m0/s1. The molecule has 2 heterocycles. The SMILES string of the molecule is C[C@H]1COc2ccc(C(=O)N3CCOCC3)cc2CN1C(=O)c1ccccc1. The molecule has 2 aromatic carbocycles. The van der Waals surface area contributed by atoms with Crippen molar-refractivity contribution in [1.29, 1.82) is 0 Å². The van der Waals surface area contributed by atoms with Gasteiger partial charge in [0.05, 0.1) is 25.8 Å². The van der Waals surface area contributed by atoms with E-state index >= 15 is 0 Å².